The predicted octanol–water partition coefficient (Wildman–Crippen LogP) is 0.778. The molecule has 2 unspecified atom stereocenters. The summed E-state index contributed by atoms with van der Waals surface area (Å²) in [7, 11) is 1.57. The zero-order valence-electron chi connectivity index (χ0n) is 12.8. The average Bonchev–Trinajstić information content (AvgIpc) is 2.87. The molecule has 1 aromatic heterocycles. The van der Waals surface area contributed by atoms with Gasteiger partial charge in [0.05, 0.1) is 24.9 Å². The first kappa shape index (κ1) is 16.7. The van der Waals surface area contributed by atoms with Crippen LogP contribution in [0.5, 0.6) is 0 Å². The van der Waals surface area contributed by atoms with E-state index in [4.69, 9.17) is 10.5 Å². The van der Waals surface area contributed by atoms with Gasteiger partial charge in [0.15, 0.2) is 0 Å². The number of methoxy groups -OCH3 is 1. The Morgan fingerprint density at radius 1 is 1.50 bits per heavy atom. The standard InChI is InChI=1S/C14H26N4O2/c1-14(2,3)12(9-18-6-5-16-10-18)17-13(19)7-11(8-15)20-4/h5-6,10-12H,7-9,15H2,1-4H3,(H,17,19). The van der Waals surface area contributed by atoms with E-state index in [0.29, 0.717) is 13.1 Å². The number of carbonyl (C=O) groups excluding carboxylic acids is 1. The largest absolute Gasteiger partial charge is 0.380 e. The highest BCUT2D eigenvalue weighted by molar-refractivity contribution is 5.76. The molecule has 0 spiro atoms. The van der Waals surface area contributed by atoms with Crippen LogP contribution in [-0.4, -0.2) is 41.3 Å². The molecular formula is C14H26N4O2. The van der Waals surface area contributed by atoms with Gasteiger partial charge in [-0.15, -0.1) is 0 Å². The van der Waals surface area contributed by atoms with E-state index in [2.05, 4.69) is 31.1 Å². The maximum absolute atomic E-state index is 12.1. The van der Waals surface area contributed by atoms with Crippen molar-refractivity contribution >= 4 is 5.91 Å². The summed E-state index contributed by atoms with van der Waals surface area (Å²) >= 11 is 0. The highest BCUT2D eigenvalue weighted by Crippen LogP contribution is 2.21. The average molecular weight is 282 g/mol. The Balaban J connectivity index is 2.63. The summed E-state index contributed by atoms with van der Waals surface area (Å²) in [5.74, 6) is -0.0395. The van der Waals surface area contributed by atoms with E-state index in [0.717, 1.165) is 0 Å². The highest BCUT2D eigenvalue weighted by atomic mass is 16.5. The lowest BCUT2D eigenvalue weighted by Crippen LogP contribution is -2.47. The zero-order chi connectivity index (χ0) is 15.2. The molecule has 20 heavy (non-hydrogen) atoms. The molecule has 0 radical (unpaired) electrons. The molecule has 0 fully saturated rings. The van der Waals surface area contributed by atoms with Crippen molar-refractivity contribution < 1.29 is 9.53 Å². The molecule has 0 saturated carbocycles. The lowest BCUT2D eigenvalue weighted by molar-refractivity contribution is -0.125. The summed E-state index contributed by atoms with van der Waals surface area (Å²) in [4.78, 5) is 16.1. The van der Waals surface area contributed by atoms with Gasteiger partial charge < -0.3 is 20.4 Å². The first-order valence-electron chi connectivity index (χ1n) is 6.84. The van der Waals surface area contributed by atoms with Crippen LogP contribution in [0.4, 0.5) is 0 Å². The van der Waals surface area contributed by atoms with Crippen LogP contribution in [0.1, 0.15) is 27.2 Å². The monoisotopic (exact) mass is 282 g/mol. The van der Waals surface area contributed by atoms with E-state index in [1.165, 1.54) is 0 Å². The molecule has 1 heterocycles. The molecule has 1 rings (SSSR count). The lowest BCUT2D eigenvalue weighted by atomic mass is 9.86. The third kappa shape index (κ3) is 5.30. The fourth-order valence-corrected chi connectivity index (χ4v) is 1.86. The van der Waals surface area contributed by atoms with Gasteiger partial charge >= 0.3 is 0 Å². The number of hydrogen-bond donors (Lipinski definition) is 2. The molecule has 0 aliphatic heterocycles. The third-order valence-electron chi connectivity index (χ3n) is 3.34. The maximum Gasteiger partial charge on any atom is 0.222 e. The zero-order valence-corrected chi connectivity index (χ0v) is 12.8. The number of nitrogens with one attached hydrogen (secondary N) is 1. The van der Waals surface area contributed by atoms with Crippen molar-refractivity contribution in [1.29, 1.82) is 0 Å². The minimum Gasteiger partial charge on any atom is -0.380 e. The first-order chi connectivity index (χ1) is 9.36. The molecular weight excluding hydrogens is 256 g/mol. The topological polar surface area (TPSA) is 82.2 Å². The van der Waals surface area contributed by atoms with Crippen molar-refractivity contribution in [3.8, 4) is 0 Å². The molecule has 1 amide bonds. The quantitative estimate of drug-likeness (QED) is 0.774. The van der Waals surface area contributed by atoms with E-state index in [-0.39, 0.29) is 29.9 Å². The summed E-state index contributed by atoms with van der Waals surface area (Å²) < 4.78 is 7.11. The summed E-state index contributed by atoms with van der Waals surface area (Å²) in [5.41, 5.74) is 5.49. The van der Waals surface area contributed by atoms with Gasteiger partial charge in [0.2, 0.25) is 5.91 Å². The van der Waals surface area contributed by atoms with Crippen LogP contribution in [0, 0.1) is 5.41 Å². The highest BCUT2D eigenvalue weighted by Gasteiger charge is 2.27. The van der Waals surface area contributed by atoms with Crippen molar-refractivity contribution in [3.63, 3.8) is 0 Å². The first-order valence-corrected chi connectivity index (χ1v) is 6.84. The van der Waals surface area contributed by atoms with E-state index in [1.807, 2.05) is 10.8 Å². The molecule has 3 N–H and O–H groups in total. The number of aromatic nitrogens is 2. The molecule has 0 bridgehead atoms. The van der Waals surface area contributed by atoms with Gasteiger partial charge in [-0.25, -0.2) is 4.98 Å². The Labute approximate surface area is 120 Å². The van der Waals surface area contributed by atoms with Crippen LogP contribution in [0.15, 0.2) is 18.7 Å². The second kappa shape index (κ2) is 7.40. The molecule has 0 aliphatic carbocycles. The van der Waals surface area contributed by atoms with Crippen molar-refractivity contribution in [1.82, 2.24) is 14.9 Å². The molecule has 1 aromatic rings. The molecule has 0 saturated heterocycles. The molecule has 0 aliphatic rings. The Bertz CT molecular complexity index is 394. The smallest absolute Gasteiger partial charge is 0.222 e. The second-order valence-corrected chi connectivity index (χ2v) is 6.04. The van der Waals surface area contributed by atoms with Crippen molar-refractivity contribution in [3.05, 3.63) is 18.7 Å². The normalized spacial score (nSPS) is 14.8. The summed E-state index contributed by atoms with van der Waals surface area (Å²) in [6, 6.07) is 0.0134. The SMILES string of the molecule is COC(CN)CC(=O)NC(Cn1ccnc1)C(C)(C)C. The Hall–Kier alpha value is -1.40. The fourth-order valence-electron chi connectivity index (χ4n) is 1.86. The van der Waals surface area contributed by atoms with Gasteiger partial charge in [-0.2, -0.15) is 0 Å². The molecule has 2 atom stereocenters. The molecule has 6 heteroatoms. The number of amides is 1. The number of rotatable bonds is 7. The minimum absolute atomic E-state index is 0.0134. The maximum atomic E-state index is 12.1. The van der Waals surface area contributed by atoms with Gasteiger partial charge in [0.1, 0.15) is 0 Å². The molecule has 0 aromatic carbocycles. The van der Waals surface area contributed by atoms with Crippen LogP contribution in [-0.2, 0) is 16.1 Å². The van der Waals surface area contributed by atoms with Crippen LogP contribution in [0.25, 0.3) is 0 Å². The number of hydrogen-bond acceptors (Lipinski definition) is 4. The fraction of sp³-hybridized carbons (Fsp3) is 0.714. The Morgan fingerprint density at radius 2 is 2.20 bits per heavy atom. The van der Waals surface area contributed by atoms with Crippen molar-refractivity contribution in [2.75, 3.05) is 13.7 Å². The summed E-state index contributed by atoms with van der Waals surface area (Å²) in [6.45, 7) is 7.34. The third-order valence-corrected chi connectivity index (χ3v) is 3.34. The summed E-state index contributed by atoms with van der Waals surface area (Å²) in [6.07, 6.45) is 5.43. The minimum atomic E-state index is -0.233. The van der Waals surface area contributed by atoms with Crippen LogP contribution in [0.2, 0.25) is 0 Å². The van der Waals surface area contributed by atoms with Gasteiger partial charge in [-0.05, 0) is 5.41 Å². The van der Waals surface area contributed by atoms with Crippen LogP contribution < -0.4 is 11.1 Å². The van der Waals surface area contributed by atoms with E-state index < -0.39 is 0 Å². The predicted molar refractivity (Wildman–Crippen MR) is 78.1 cm³/mol. The van der Waals surface area contributed by atoms with Gasteiger partial charge in [0, 0.05) is 32.6 Å². The van der Waals surface area contributed by atoms with E-state index in [9.17, 15) is 4.79 Å². The van der Waals surface area contributed by atoms with Gasteiger partial charge in [-0.3, -0.25) is 4.79 Å². The second-order valence-electron chi connectivity index (χ2n) is 6.04. The van der Waals surface area contributed by atoms with Gasteiger partial charge in [-0.1, -0.05) is 20.8 Å². The van der Waals surface area contributed by atoms with Crippen LogP contribution >= 0.6 is 0 Å². The van der Waals surface area contributed by atoms with Crippen LogP contribution in [0.3, 0.4) is 0 Å². The number of nitrogens with two attached hydrogens (primary N) is 1. The Morgan fingerprint density at radius 3 is 2.65 bits per heavy atom. The molecule has 6 nitrogen and oxygen atoms in total. The summed E-state index contributed by atoms with van der Waals surface area (Å²) in [5, 5.41) is 3.07. The van der Waals surface area contributed by atoms with E-state index in [1.54, 1.807) is 19.6 Å². The number of ether oxygens (including phenoxy) is 1. The lowest BCUT2D eigenvalue weighted by Gasteiger charge is -2.32. The number of nitrogens with zero attached hydrogens (tertiary/aromatic N) is 2. The van der Waals surface area contributed by atoms with Gasteiger partial charge in [0.25, 0.3) is 0 Å². The molecule has 114 valence electrons. The van der Waals surface area contributed by atoms with Crippen molar-refractivity contribution in [2.45, 2.75) is 45.9 Å². The van der Waals surface area contributed by atoms with E-state index >= 15 is 0 Å². The number of imidazole rings is 1. The number of carbonyl (C=O) groups is 1. The Kier molecular flexibility index (Phi) is 6.16. The van der Waals surface area contributed by atoms with Crippen molar-refractivity contribution in [2.24, 2.45) is 11.1 Å².